The number of fused-ring (bicyclic) bond motifs is 3. The summed E-state index contributed by atoms with van der Waals surface area (Å²) in [6, 6.07) is 0.479. The van der Waals surface area contributed by atoms with Crippen LogP contribution in [-0.4, -0.2) is 53.0 Å². The highest BCUT2D eigenvalue weighted by Gasteiger charge is 2.45. The van der Waals surface area contributed by atoms with Gasteiger partial charge < -0.3 is 9.64 Å². The van der Waals surface area contributed by atoms with Gasteiger partial charge in [0.2, 0.25) is 0 Å². The Labute approximate surface area is 121 Å². The highest BCUT2D eigenvalue weighted by Crippen LogP contribution is 2.44. The van der Waals surface area contributed by atoms with Gasteiger partial charge in [0.05, 0.1) is 6.04 Å². The van der Waals surface area contributed by atoms with E-state index < -0.39 is 11.9 Å². The van der Waals surface area contributed by atoms with Crippen molar-refractivity contribution in [3.05, 3.63) is 5.69 Å². The van der Waals surface area contributed by atoms with Crippen molar-refractivity contribution in [1.82, 2.24) is 14.7 Å². The largest absolute Gasteiger partial charge is 0.485 e. The molecule has 1 aromatic heterocycles. The van der Waals surface area contributed by atoms with Gasteiger partial charge in [-0.05, 0) is 13.8 Å². The summed E-state index contributed by atoms with van der Waals surface area (Å²) in [4.78, 5) is 4.26. The van der Waals surface area contributed by atoms with E-state index in [-0.39, 0.29) is 18.4 Å². The van der Waals surface area contributed by atoms with Crippen LogP contribution in [0.2, 0.25) is 0 Å². The van der Waals surface area contributed by atoms with Crippen LogP contribution in [0.4, 0.5) is 19.0 Å². The van der Waals surface area contributed by atoms with Crippen LogP contribution in [0.1, 0.15) is 19.5 Å². The Morgan fingerprint density at radius 3 is 2.62 bits per heavy atom. The fraction of sp³-hybridized carbons (Fsp3) is 0.769. The van der Waals surface area contributed by atoms with Gasteiger partial charge in [0.15, 0.2) is 17.3 Å². The molecule has 0 amide bonds. The number of anilines is 1. The number of aryl methyl sites for hydroxylation is 1. The molecule has 21 heavy (non-hydrogen) atoms. The maximum atomic E-state index is 13.1. The Bertz CT molecular complexity index is 540. The Morgan fingerprint density at radius 1 is 1.29 bits per heavy atom. The summed E-state index contributed by atoms with van der Waals surface area (Å²) < 4.78 is 45.6. The molecule has 1 atom stereocenters. The first kappa shape index (κ1) is 14.5. The Morgan fingerprint density at radius 2 is 2.00 bits per heavy atom. The molecule has 0 N–H and O–H groups in total. The van der Waals surface area contributed by atoms with E-state index in [1.807, 2.05) is 4.90 Å². The van der Waals surface area contributed by atoms with Crippen molar-refractivity contribution in [3.63, 3.8) is 0 Å². The van der Waals surface area contributed by atoms with E-state index in [2.05, 4.69) is 23.8 Å². The lowest BCUT2D eigenvalue weighted by molar-refractivity contribution is -0.145. The van der Waals surface area contributed by atoms with Gasteiger partial charge in [-0.3, -0.25) is 9.58 Å². The third kappa shape index (κ3) is 2.35. The molecule has 3 rings (SSSR count). The Kier molecular flexibility index (Phi) is 3.31. The topological polar surface area (TPSA) is 33.5 Å². The van der Waals surface area contributed by atoms with Gasteiger partial charge in [0.25, 0.3) is 0 Å². The van der Waals surface area contributed by atoms with E-state index in [4.69, 9.17) is 4.74 Å². The quantitative estimate of drug-likeness (QED) is 0.791. The van der Waals surface area contributed by atoms with E-state index >= 15 is 0 Å². The lowest BCUT2D eigenvalue weighted by atomic mass is 10.1. The molecule has 0 radical (unpaired) electrons. The minimum Gasteiger partial charge on any atom is -0.485 e. The van der Waals surface area contributed by atoms with Crippen LogP contribution in [0.5, 0.6) is 5.75 Å². The predicted octanol–water partition coefficient (Wildman–Crippen LogP) is 1.73. The van der Waals surface area contributed by atoms with Crippen LogP contribution in [0.25, 0.3) is 0 Å². The lowest BCUT2D eigenvalue weighted by Gasteiger charge is -2.45. The zero-order chi connectivity index (χ0) is 15.4. The number of ether oxygens (including phenoxy) is 1. The zero-order valence-electron chi connectivity index (χ0n) is 12.3. The molecule has 3 heterocycles. The zero-order valence-corrected chi connectivity index (χ0v) is 12.3. The fourth-order valence-electron chi connectivity index (χ4n) is 3.07. The van der Waals surface area contributed by atoms with Crippen molar-refractivity contribution in [3.8, 4) is 5.75 Å². The molecule has 118 valence electrons. The summed E-state index contributed by atoms with van der Waals surface area (Å²) in [5.74, 6) is 0.198. The van der Waals surface area contributed by atoms with Crippen LogP contribution >= 0.6 is 0 Å². The van der Waals surface area contributed by atoms with Gasteiger partial charge in [0.1, 0.15) is 6.61 Å². The van der Waals surface area contributed by atoms with Gasteiger partial charge in [-0.25, -0.2) is 0 Å². The summed E-state index contributed by atoms with van der Waals surface area (Å²) in [6.07, 6.45) is -4.46. The van der Waals surface area contributed by atoms with Crippen molar-refractivity contribution >= 4 is 5.82 Å². The normalized spacial score (nSPS) is 23.0. The smallest absolute Gasteiger partial charge is 0.436 e. The van der Waals surface area contributed by atoms with Crippen molar-refractivity contribution in [2.45, 2.75) is 32.1 Å². The number of halogens is 3. The van der Waals surface area contributed by atoms with Gasteiger partial charge in [-0.1, -0.05) is 0 Å². The number of alkyl halides is 3. The third-order valence-corrected chi connectivity index (χ3v) is 4.19. The number of piperazine rings is 1. The fourth-order valence-corrected chi connectivity index (χ4v) is 3.07. The Balaban J connectivity index is 1.92. The molecule has 0 aromatic carbocycles. The summed E-state index contributed by atoms with van der Waals surface area (Å²) in [6.45, 7) is 6.79. The molecule has 0 spiro atoms. The SMILES string of the molecule is CC(C)N1CCN2c3nn(C)c(C(F)(F)F)c3OCC2C1. The molecule has 0 saturated carbocycles. The molecule has 1 saturated heterocycles. The van der Waals surface area contributed by atoms with E-state index in [0.29, 0.717) is 18.4 Å². The molecule has 0 aliphatic carbocycles. The number of nitrogens with zero attached hydrogens (tertiary/aromatic N) is 4. The molecular formula is C13H19F3N4O. The number of hydrogen-bond acceptors (Lipinski definition) is 4. The van der Waals surface area contributed by atoms with Crippen LogP contribution in [0.15, 0.2) is 0 Å². The number of hydrogen-bond donors (Lipinski definition) is 0. The van der Waals surface area contributed by atoms with Crippen molar-refractivity contribution in [2.24, 2.45) is 7.05 Å². The summed E-state index contributed by atoms with van der Waals surface area (Å²) in [5.41, 5.74) is -0.803. The first-order valence-corrected chi connectivity index (χ1v) is 7.06. The van der Waals surface area contributed by atoms with Crippen LogP contribution in [-0.2, 0) is 13.2 Å². The maximum absolute atomic E-state index is 13.1. The minimum absolute atomic E-state index is 0.0598. The molecule has 8 heteroatoms. The van der Waals surface area contributed by atoms with Crippen molar-refractivity contribution in [2.75, 3.05) is 31.1 Å². The summed E-state index contributed by atoms with van der Waals surface area (Å²) >= 11 is 0. The molecular weight excluding hydrogens is 285 g/mol. The Hall–Kier alpha value is -1.44. The molecule has 2 aliphatic heterocycles. The summed E-state index contributed by atoms with van der Waals surface area (Å²) in [7, 11) is 1.31. The van der Waals surface area contributed by atoms with Gasteiger partial charge >= 0.3 is 6.18 Å². The van der Waals surface area contributed by atoms with Crippen LogP contribution in [0.3, 0.4) is 0 Å². The van der Waals surface area contributed by atoms with E-state index in [0.717, 1.165) is 17.8 Å². The first-order chi connectivity index (χ1) is 9.79. The van der Waals surface area contributed by atoms with E-state index in [1.165, 1.54) is 7.05 Å². The van der Waals surface area contributed by atoms with Gasteiger partial charge in [-0.2, -0.15) is 18.3 Å². The van der Waals surface area contributed by atoms with E-state index in [9.17, 15) is 13.2 Å². The van der Waals surface area contributed by atoms with Gasteiger partial charge in [0, 0.05) is 32.7 Å². The predicted molar refractivity (Wildman–Crippen MR) is 71.5 cm³/mol. The average Bonchev–Trinajstić information content (AvgIpc) is 2.74. The summed E-state index contributed by atoms with van der Waals surface area (Å²) in [5, 5.41) is 4.05. The van der Waals surface area contributed by atoms with Crippen molar-refractivity contribution < 1.29 is 17.9 Å². The standard InChI is InChI=1S/C13H19F3N4O/c1-8(2)19-4-5-20-9(6-19)7-21-10-11(13(14,15)16)18(3)17-12(10)20/h8-9H,4-7H2,1-3H3. The van der Waals surface area contributed by atoms with E-state index in [1.54, 1.807) is 0 Å². The number of aromatic nitrogens is 2. The molecule has 2 aliphatic rings. The minimum atomic E-state index is -4.46. The second kappa shape index (κ2) is 4.79. The second-order valence-electron chi connectivity index (χ2n) is 5.87. The third-order valence-electron chi connectivity index (χ3n) is 4.19. The first-order valence-electron chi connectivity index (χ1n) is 7.06. The second-order valence-corrected chi connectivity index (χ2v) is 5.87. The van der Waals surface area contributed by atoms with Gasteiger partial charge in [-0.15, -0.1) is 0 Å². The molecule has 1 fully saturated rings. The van der Waals surface area contributed by atoms with Crippen molar-refractivity contribution in [1.29, 1.82) is 0 Å². The number of rotatable bonds is 1. The highest BCUT2D eigenvalue weighted by atomic mass is 19.4. The van der Waals surface area contributed by atoms with Crippen LogP contribution < -0.4 is 9.64 Å². The molecule has 1 aromatic rings. The monoisotopic (exact) mass is 304 g/mol. The highest BCUT2D eigenvalue weighted by molar-refractivity contribution is 5.59. The lowest BCUT2D eigenvalue weighted by Crippen LogP contribution is -2.58. The molecule has 0 bridgehead atoms. The average molecular weight is 304 g/mol. The molecule has 5 nitrogen and oxygen atoms in total. The maximum Gasteiger partial charge on any atom is 0.436 e. The van der Waals surface area contributed by atoms with Crippen LogP contribution in [0, 0.1) is 0 Å². The molecule has 1 unspecified atom stereocenters.